The van der Waals surface area contributed by atoms with E-state index in [1.165, 1.54) is 10.9 Å². The summed E-state index contributed by atoms with van der Waals surface area (Å²) in [7, 11) is 1.61. The average molecular weight is 323 g/mol. The first-order valence-electron chi connectivity index (χ1n) is 6.54. The quantitative estimate of drug-likeness (QED) is 0.847. The van der Waals surface area contributed by atoms with E-state index in [0.29, 0.717) is 10.7 Å². The van der Waals surface area contributed by atoms with Crippen LogP contribution in [0.3, 0.4) is 0 Å². The Balaban J connectivity index is 2.11. The van der Waals surface area contributed by atoms with Gasteiger partial charge in [-0.2, -0.15) is 5.10 Å². The molecule has 8 heteroatoms. The number of nitrogens with zero attached hydrogens (tertiary/aromatic N) is 2. The molecule has 2 amide bonds. The number of esters is 1. The van der Waals surface area contributed by atoms with Gasteiger partial charge in [0.15, 0.2) is 0 Å². The van der Waals surface area contributed by atoms with E-state index in [0.717, 1.165) is 0 Å². The van der Waals surface area contributed by atoms with Gasteiger partial charge in [-0.25, -0.2) is 9.59 Å². The fourth-order valence-corrected chi connectivity index (χ4v) is 1.97. The minimum Gasteiger partial charge on any atom is -0.462 e. The summed E-state index contributed by atoms with van der Waals surface area (Å²) >= 11 is 5.85. The third-order valence-electron chi connectivity index (χ3n) is 2.75. The minimum atomic E-state index is -0.548. The lowest BCUT2D eigenvalue weighted by molar-refractivity contribution is 0.0527. The number of ether oxygens (including phenoxy) is 1. The van der Waals surface area contributed by atoms with Gasteiger partial charge in [0.2, 0.25) is 0 Å². The Labute approximate surface area is 132 Å². The topological polar surface area (TPSA) is 85.2 Å². The van der Waals surface area contributed by atoms with Gasteiger partial charge in [-0.05, 0) is 25.1 Å². The van der Waals surface area contributed by atoms with Crippen LogP contribution in [0.2, 0.25) is 5.02 Å². The van der Waals surface area contributed by atoms with Crippen molar-refractivity contribution in [1.82, 2.24) is 9.78 Å². The molecule has 116 valence electrons. The third kappa shape index (κ3) is 3.76. The number of rotatable bonds is 4. The number of aryl methyl sites for hydroxylation is 1. The Morgan fingerprint density at radius 1 is 1.36 bits per heavy atom. The Hall–Kier alpha value is -2.54. The third-order valence-corrected chi connectivity index (χ3v) is 2.98. The van der Waals surface area contributed by atoms with Gasteiger partial charge < -0.3 is 10.1 Å². The maximum atomic E-state index is 12.0. The fourth-order valence-electron chi connectivity index (χ4n) is 1.78. The number of benzene rings is 1. The van der Waals surface area contributed by atoms with E-state index in [2.05, 4.69) is 15.7 Å². The summed E-state index contributed by atoms with van der Waals surface area (Å²) in [5, 5.41) is 9.64. The maximum Gasteiger partial charge on any atom is 0.343 e. The number of nitrogens with one attached hydrogen (secondary N) is 2. The highest BCUT2D eigenvalue weighted by molar-refractivity contribution is 6.30. The number of carbonyl (C=O) groups excluding carboxylic acids is 2. The van der Waals surface area contributed by atoms with Crippen molar-refractivity contribution in [3.63, 3.8) is 0 Å². The van der Waals surface area contributed by atoms with Crippen molar-refractivity contribution in [3.05, 3.63) is 41.0 Å². The average Bonchev–Trinajstić information content (AvgIpc) is 2.80. The van der Waals surface area contributed by atoms with E-state index in [4.69, 9.17) is 16.3 Å². The van der Waals surface area contributed by atoms with E-state index >= 15 is 0 Å². The zero-order chi connectivity index (χ0) is 16.1. The molecule has 0 aliphatic rings. The molecule has 0 bridgehead atoms. The van der Waals surface area contributed by atoms with Crippen molar-refractivity contribution >= 4 is 35.1 Å². The molecule has 2 rings (SSSR count). The molecule has 1 heterocycles. The lowest BCUT2D eigenvalue weighted by atomic mass is 10.3. The summed E-state index contributed by atoms with van der Waals surface area (Å²) in [6.07, 6.45) is 1.34. The van der Waals surface area contributed by atoms with Crippen molar-refractivity contribution in [3.8, 4) is 0 Å². The number of carbonyl (C=O) groups is 2. The smallest absolute Gasteiger partial charge is 0.343 e. The Kier molecular flexibility index (Phi) is 5.00. The SMILES string of the molecule is CCOC(=O)c1cnn(C)c1NC(=O)Nc1cccc(Cl)c1. The highest BCUT2D eigenvalue weighted by atomic mass is 35.5. The molecular weight excluding hydrogens is 308 g/mol. The highest BCUT2D eigenvalue weighted by Gasteiger charge is 2.19. The van der Waals surface area contributed by atoms with Gasteiger partial charge in [0.1, 0.15) is 11.4 Å². The summed E-state index contributed by atoms with van der Waals surface area (Å²) in [5.41, 5.74) is 0.718. The van der Waals surface area contributed by atoms with Gasteiger partial charge in [0.25, 0.3) is 0 Å². The Bertz CT molecular complexity index is 699. The van der Waals surface area contributed by atoms with Crippen LogP contribution in [-0.4, -0.2) is 28.4 Å². The minimum absolute atomic E-state index is 0.186. The molecule has 0 fully saturated rings. The zero-order valence-electron chi connectivity index (χ0n) is 12.1. The largest absolute Gasteiger partial charge is 0.462 e. The standard InChI is InChI=1S/C14H15ClN4O3/c1-3-22-13(20)11-8-16-19(2)12(11)18-14(21)17-10-6-4-5-9(15)7-10/h4-8H,3H2,1-2H3,(H2,17,18,21). The molecule has 7 nitrogen and oxygen atoms in total. The van der Waals surface area contributed by atoms with Gasteiger partial charge in [-0.1, -0.05) is 17.7 Å². The fraction of sp³-hybridized carbons (Fsp3) is 0.214. The molecule has 0 aliphatic carbocycles. The van der Waals surface area contributed by atoms with Crippen LogP contribution < -0.4 is 10.6 Å². The van der Waals surface area contributed by atoms with E-state index in [1.807, 2.05) is 0 Å². The molecule has 0 saturated carbocycles. The first kappa shape index (κ1) is 15.8. The number of anilines is 2. The van der Waals surface area contributed by atoms with Gasteiger partial charge in [0.05, 0.1) is 12.8 Å². The molecule has 0 saturated heterocycles. The van der Waals surface area contributed by atoms with Gasteiger partial charge in [-0.3, -0.25) is 10.00 Å². The molecule has 0 radical (unpaired) electrons. The summed E-state index contributed by atoms with van der Waals surface area (Å²) in [6.45, 7) is 1.94. The number of hydrogen-bond acceptors (Lipinski definition) is 4. The molecule has 1 aromatic carbocycles. The maximum absolute atomic E-state index is 12.0. The number of halogens is 1. The predicted octanol–water partition coefficient (Wildman–Crippen LogP) is 2.89. The van der Waals surface area contributed by atoms with Crippen molar-refractivity contribution < 1.29 is 14.3 Å². The molecule has 0 unspecified atom stereocenters. The molecule has 0 aliphatic heterocycles. The predicted molar refractivity (Wildman–Crippen MR) is 83.3 cm³/mol. The van der Waals surface area contributed by atoms with E-state index in [9.17, 15) is 9.59 Å². The van der Waals surface area contributed by atoms with Gasteiger partial charge in [-0.15, -0.1) is 0 Å². The number of amides is 2. The molecule has 1 aromatic heterocycles. The van der Waals surface area contributed by atoms with E-state index in [-0.39, 0.29) is 18.0 Å². The van der Waals surface area contributed by atoms with Crippen molar-refractivity contribution in [2.75, 3.05) is 17.2 Å². The monoisotopic (exact) mass is 322 g/mol. The summed E-state index contributed by atoms with van der Waals surface area (Å²) in [4.78, 5) is 23.8. The zero-order valence-corrected chi connectivity index (χ0v) is 12.8. The molecular formula is C14H15ClN4O3. The summed E-state index contributed by atoms with van der Waals surface area (Å²) in [5.74, 6) is -0.299. The lowest BCUT2D eigenvalue weighted by Gasteiger charge is -2.09. The molecule has 0 atom stereocenters. The van der Waals surface area contributed by atoms with Crippen LogP contribution in [0.1, 0.15) is 17.3 Å². The van der Waals surface area contributed by atoms with Crippen LogP contribution in [0.15, 0.2) is 30.5 Å². The number of aromatic nitrogens is 2. The van der Waals surface area contributed by atoms with Crippen LogP contribution in [-0.2, 0) is 11.8 Å². The molecule has 2 N–H and O–H groups in total. The molecule has 2 aromatic rings. The Morgan fingerprint density at radius 3 is 2.82 bits per heavy atom. The van der Waals surface area contributed by atoms with Crippen molar-refractivity contribution in [1.29, 1.82) is 0 Å². The van der Waals surface area contributed by atoms with Crippen molar-refractivity contribution in [2.24, 2.45) is 7.05 Å². The van der Waals surface area contributed by atoms with Crippen LogP contribution in [0, 0.1) is 0 Å². The Morgan fingerprint density at radius 2 is 2.14 bits per heavy atom. The molecule has 0 spiro atoms. The lowest BCUT2D eigenvalue weighted by Crippen LogP contribution is -2.22. The first-order chi connectivity index (χ1) is 10.5. The van der Waals surface area contributed by atoms with Crippen LogP contribution in [0.25, 0.3) is 0 Å². The van der Waals surface area contributed by atoms with Crippen LogP contribution in [0.4, 0.5) is 16.3 Å². The first-order valence-corrected chi connectivity index (χ1v) is 6.91. The number of hydrogen-bond donors (Lipinski definition) is 2. The highest BCUT2D eigenvalue weighted by Crippen LogP contribution is 2.18. The van der Waals surface area contributed by atoms with Crippen LogP contribution >= 0.6 is 11.6 Å². The van der Waals surface area contributed by atoms with Gasteiger partial charge in [0, 0.05) is 17.8 Å². The van der Waals surface area contributed by atoms with E-state index in [1.54, 1.807) is 38.2 Å². The van der Waals surface area contributed by atoms with Gasteiger partial charge >= 0.3 is 12.0 Å². The molecule has 22 heavy (non-hydrogen) atoms. The second kappa shape index (κ2) is 6.95. The summed E-state index contributed by atoms with van der Waals surface area (Å²) in [6, 6.07) is 6.20. The second-order valence-corrected chi connectivity index (χ2v) is 4.78. The second-order valence-electron chi connectivity index (χ2n) is 4.34. The van der Waals surface area contributed by atoms with Crippen LogP contribution in [0.5, 0.6) is 0 Å². The summed E-state index contributed by atoms with van der Waals surface area (Å²) < 4.78 is 6.29. The van der Waals surface area contributed by atoms with Crippen molar-refractivity contribution in [2.45, 2.75) is 6.92 Å². The van der Waals surface area contributed by atoms with E-state index < -0.39 is 12.0 Å². The normalized spacial score (nSPS) is 10.1. The number of urea groups is 1.